The molecular formula is C29H34N4O6S. The standard InChI is InChI=1S/C29H34N4O6S/c1-4-22(2)30-29(35)27(18-23-12-7-5-8-13-23)31(20-24-14-9-6-10-15-24)28(34)21-32(40(3,38)39)25-16-11-17-26(19-25)33(36)37/h5-17,19,22,27H,4,18,20-21H2,1-3H3,(H,30,35)/t22-,27-/m1/s1. The number of nitrogens with one attached hydrogen (secondary N) is 1. The van der Waals surface area contributed by atoms with Crippen LogP contribution in [0.4, 0.5) is 11.4 Å². The van der Waals surface area contributed by atoms with Crippen LogP contribution >= 0.6 is 0 Å². The SMILES string of the molecule is CC[C@@H](C)NC(=O)[C@@H](Cc1ccccc1)N(Cc1ccccc1)C(=O)CN(c1cccc([N+](=O)[O-])c1)S(C)(=O)=O. The highest BCUT2D eigenvalue weighted by Gasteiger charge is 2.33. The van der Waals surface area contributed by atoms with E-state index in [9.17, 15) is 28.1 Å². The van der Waals surface area contributed by atoms with Crippen molar-refractivity contribution in [3.8, 4) is 0 Å². The Balaban J connectivity index is 2.06. The summed E-state index contributed by atoms with van der Waals surface area (Å²) >= 11 is 0. The van der Waals surface area contributed by atoms with E-state index in [1.165, 1.54) is 23.1 Å². The molecule has 0 saturated heterocycles. The molecule has 0 aromatic heterocycles. The van der Waals surface area contributed by atoms with Crippen LogP contribution in [0.1, 0.15) is 31.4 Å². The van der Waals surface area contributed by atoms with Crippen molar-refractivity contribution in [1.82, 2.24) is 10.2 Å². The van der Waals surface area contributed by atoms with Crippen molar-refractivity contribution in [3.63, 3.8) is 0 Å². The molecule has 3 rings (SSSR count). The Kier molecular flexibility index (Phi) is 10.4. The minimum Gasteiger partial charge on any atom is -0.352 e. The summed E-state index contributed by atoms with van der Waals surface area (Å²) in [6.45, 7) is 3.22. The third-order valence-electron chi connectivity index (χ3n) is 6.48. The molecule has 0 saturated carbocycles. The highest BCUT2D eigenvalue weighted by Crippen LogP contribution is 2.24. The number of sulfonamides is 1. The molecule has 3 aromatic rings. The number of hydrogen-bond acceptors (Lipinski definition) is 6. The largest absolute Gasteiger partial charge is 0.352 e. The molecule has 2 atom stereocenters. The molecule has 11 heteroatoms. The Labute approximate surface area is 234 Å². The lowest BCUT2D eigenvalue weighted by Crippen LogP contribution is -2.54. The van der Waals surface area contributed by atoms with Gasteiger partial charge < -0.3 is 10.2 Å². The van der Waals surface area contributed by atoms with E-state index >= 15 is 0 Å². The molecule has 0 bridgehead atoms. The monoisotopic (exact) mass is 566 g/mol. The van der Waals surface area contributed by atoms with Gasteiger partial charge >= 0.3 is 0 Å². The number of benzene rings is 3. The lowest BCUT2D eigenvalue weighted by molar-refractivity contribution is -0.384. The highest BCUT2D eigenvalue weighted by atomic mass is 32.2. The van der Waals surface area contributed by atoms with Crippen LogP contribution in [0.5, 0.6) is 0 Å². The van der Waals surface area contributed by atoms with Crippen molar-refractivity contribution in [2.75, 3.05) is 17.1 Å². The van der Waals surface area contributed by atoms with E-state index in [-0.39, 0.29) is 36.3 Å². The first-order valence-corrected chi connectivity index (χ1v) is 14.7. The molecular weight excluding hydrogens is 532 g/mol. The first kappa shape index (κ1) is 30.3. The van der Waals surface area contributed by atoms with Crippen LogP contribution in [-0.4, -0.2) is 54.9 Å². The first-order valence-electron chi connectivity index (χ1n) is 12.9. The quantitative estimate of drug-likeness (QED) is 0.247. The average molecular weight is 567 g/mol. The number of hydrogen-bond donors (Lipinski definition) is 1. The normalized spacial score (nSPS) is 12.7. The second-order valence-electron chi connectivity index (χ2n) is 9.58. The Morgan fingerprint density at radius 3 is 2.10 bits per heavy atom. The summed E-state index contributed by atoms with van der Waals surface area (Å²) in [4.78, 5) is 39.7. The highest BCUT2D eigenvalue weighted by molar-refractivity contribution is 7.92. The molecule has 2 amide bonds. The smallest absolute Gasteiger partial charge is 0.271 e. The molecule has 1 N–H and O–H groups in total. The van der Waals surface area contributed by atoms with Crippen molar-refractivity contribution in [1.29, 1.82) is 0 Å². The summed E-state index contributed by atoms with van der Waals surface area (Å²) < 4.78 is 26.5. The number of nitrogens with zero attached hydrogens (tertiary/aromatic N) is 3. The third kappa shape index (κ3) is 8.37. The molecule has 0 unspecified atom stereocenters. The number of non-ortho nitro benzene ring substituents is 1. The molecule has 0 spiro atoms. The zero-order chi connectivity index (χ0) is 29.3. The molecule has 212 valence electrons. The van der Waals surface area contributed by atoms with E-state index in [4.69, 9.17) is 0 Å². The Bertz CT molecular complexity index is 1420. The third-order valence-corrected chi connectivity index (χ3v) is 7.62. The predicted octanol–water partition coefficient (Wildman–Crippen LogP) is 3.92. The predicted molar refractivity (Wildman–Crippen MR) is 154 cm³/mol. The number of amides is 2. The molecule has 0 fully saturated rings. The van der Waals surface area contributed by atoms with E-state index in [2.05, 4.69) is 5.32 Å². The fourth-order valence-corrected chi connectivity index (χ4v) is 4.99. The van der Waals surface area contributed by atoms with E-state index in [0.717, 1.165) is 27.8 Å². The van der Waals surface area contributed by atoms with Crippen LogP contribution < -0.4 is 9.62 Å². The van der Waals surface area contributed by atoms with Crippen LogP contribution in [0.25, 0.3) is 0 Å². The van der Waals surface area contributed by atoms with Crippen molar-refractivity contribution in [3.05, 3.63) is 106 Å². The van der Waals surface area contributed by atoms with Gasteiger partial charge in [0.15, 0.2) is 0 Å². The van der Waals surface area contributed by atoms with Crippen molar-refractivity contribution in [2.24, 2.45) is 0 Å². The van der Waals surface area contributed by atoms with E-state index in [0.29, 0.717) is 6.42 Å². The van der Waals surface area contributed by atoms with Gasteiger partial charge in [-0.25, -0.2) is 8.42 Å². The maximum Gasteiger partial charge on any atom is 0.271 e. The minimum absolute atomic E-state index is 0.0200. The van der Waals surface area contributed by atoms with Crippen molar-refractivity contribution >= 4 is 33.2 Å². The molecule has 0 heterocycles. The number of anilines is 1. The summed E-state index contributed by atoms with van der Waals surface area (Å²) in [6.07, 6.45) is 1.82. The summed E-state index contributed by atoms with van der Waals surface area (Å²) in [5, 5.41) is 14.3. The van der Waals surface area contributed by atoms with Gasteiger partial charge in [-0.2, -0.15) is 0 Å². The van der Waals surface area contributed by atoms with Gasteiger partial charge in [0.1, 0.15) is 12.6 Å². The van der Waals surface area contributed by atoms with Gasteiger partial charge in [-0.1, -0.05) is 73.7 Å². The fourth-order valence-electron chi connectivity index (χ4n) is 4.15. The first-order chi connectivity index (χ1) is 19.0. The maximum atomic E-state index is 14.0. The van der Waals surface area contributed by atoms with Gasteiger partial charge in [0, 0.05) is 31.1 Å². The topological polar surface area (TPSA) is 130 Å². The van der Waals surface area contributed by atoms with E-state index < -0.39 is 33.4 Å². The van der Waals surface area contributed by atoms with Crippen molar-refractivity contribution in [2.45, 2.75) is 45.3 Å². The zero-order valence-electron chi connectivity index (χ0n) is 22.8. The number of nitro groups is 1. The van der Waals surface area contributed by atoms with Crippen LogP contribution in [-0.2, 0) is 32.6 Å². The van der Waals surface area contributed by atoms with Crippen molar-refractivity contribution < 1.29 is 22.9 Å². The van der Waals surface area contributed by atoms with Crippen LogP contribution in [0.3, 0.4) is 0 Å². The molecule has 3 aromatic carbocycles. The molecule has 0 radical (unpaired) electrons. The average Bonchev–Trinajstić information content (AvgIpc) is 2.93. The summed E-state index contributed by atoms with van der Waals surface area (Å²) in [7, 11) is -4.03. The van der Waals surface area contributed by atoms with Crippen LogP contribution in [0.2, 0.25) is 0 Å². The molecule has 40 heavy (non-hydrogen) atoms. The summed E-state index contributed by atoms with van der Waals surface area (Å²) in [5.74, 6) is -0.982. The lowest BCUT2D eigenvalue weighted by atomic mass is 10.0. The van der Waals surface area contributed by atoms with Gasteiger partial charge in [0.25, 0.3) is 5.69 Å². The number of carbonyl (C=O) groups is 2. The Morgan fingerprint density at radius 1 is 0.950 bits per heavy atom. The van der Waals surface area contributed by atoms with Gasteiger partial charge in [0.05, 0.1) is 16.9 Å². The molecule has 10 nitrogen and oxygen atoms in total. The summed E-state index contributed by atoms with van der Waals surface area (Å²) in [6, 6.07) is 22.4. The van der Waals surface area contributed by atoms with Gasteiger partial charge in [-0.3, -0.25) is 24.0 Å². The summed E-state index contributed by atoms with van der Waals surface area (Å²) in [5.41, 5.74) is 1.26. The second-order valence-corrected chi connectivity index (χ2v) is 11.5. The van der Waals surface area contributed by atoms with Crippen LogP contribution in [0.15, 0.2) is 84.9 Å². The molecule has 0 aliphatic carbocycles. The number of nitro benzene ring substituents is 1. The number of carbonyl (C=O) groups excluding carboxylic acids is 2. The lowest BCUT2D eigenvalue weighted by Gasteiger charge is -2.34. The molecule has 0 aliphatic rings. The number of rotatable bonds is 13. The van der Waals surface area contributed by atoms with Gasteiger partial charge in [0.2, 0.25) is 21.8 Å². The minimum atomic E-state index is -4.03. The zero-order valence-corrected chi connectivity index (χ0v) is 23.6. The van der Waals surface area contributed by atoms with E-state index in [1.54, 1.807) is 0 Å². The van der Waals surface area contributed by atoms with Crippen LogP contribution in [0, 0.1) is 10.1 Å². The van der Waals surface area contributed by atoms with Gasteiger partial charge in [-0.05, 0) is 30.5 Å². The Morgan fingerprint density at radius 2 is 1.55 bits per heavy atom. The van der Waals surface area contributed by atoms with Gasteiger partial charge in [-0.15, -0.1) is 0 Å². The van der Waals surface area contributed by atoms with E-state index in [1.807, 2.05) is 74.5 Å². The molecule has 0 aliphatic heterocycles. The Hall–Kier alpha value is -4.25. The second kappa shape index (κ2) is 13.7. The fraction of sp³-hybridized carbons (Fsp3) is 0.310. The maximum absolute atomic E-state index is 14.0.